The fraction of sp³-hybridized carbons (Fsp3) is 0.375. The van der Waals surface area contributed by atoms with Crippen LogP contribution < -0.4 is 5.32 Å². The molecule has 0 bridgehead atoms. The van der Waals surface area contributed by atoms with Crippen molar-refractivity contribution in [3.05, 3.63) is 17.5 Å². The van der Waals surface area contributed by atoms with Crippen molar-refractivity contribution in [2.75, 3.05) is 13.7 Å². The molecule has 1 amide bonds. The fourth-order valence-corrected chi connectivity index (χ4v) is 0.899. The Balaban J connectivity index is 2.52. The molecule has 76 valence electrons. The van der Waals surface area contributed by atoms with Gasteiger partial charge in [0.25, 0.3) is 5.91 Å². The zero-order valence-electron chi connectivity index (χ0n) is 7.96. The van der Waals surface area contributed by atoms with Gasteiger partial charge in [0, 0.05) is 5.69 Å². The summed E-state index contributed by atoms with van der Waals surface area (Å²) < 4.78 is 4.37. The van der Waals surface area contributed by atoms with Crippen LogP contribution in [0.1, 0.15) is 16.1 Å². The number of rotatable bonds is 3. The van der Waals surface area contributed by atoms with Crippen molar-refractivity contribution in [3.8, 4) is 0 Å². The molecule has 14 heavy (non-hydrogen) atoms. The number of hydrogen-bond donors (Lipinski definition) is 2. The van der Waals surface area contributed by atoms with Crippen LogP contribution in [0.15, 0.2) is 6.20 Å². The maximum Gasteiger partial charge on any atom is 0.325 e. The Morgan fingerprint density at radius 1 is 1.64 bits per heavy atom. The SMILES string of the molecule is COC(=O)CNC(=O)c1cn[nH]c1C. The number of nitrogens with zero attached hydrogens (tertiary/aromatic N) is 1. The van der Waals surface area contributed by atoms with E-state index in [2.05, 4.69) is 20.3 Å². The number of nitrogens with one attached hydrogen (secondary N) is 2. The predicted molar refractivity (Wildman–Crippen MR) is 47.7 cm³/mol. The second kappa shape index (κ2) is 4.40. The fourth-order valence-electron chi connectivity index (χ4n) is 0.899. The van der Waals surface area contributed by atoms with Crippen molar-refractivity contribution in [1.29, 1.82) is 0 Å². The Hall–Kier alpha value is -1.85. The van der Waals surface area contributed by atoms with Crippen molar-refractivity contribution in [2.24, 2.45) is 0 Å². The number of H-pyrrole nitrogens is 1. The first-order valence-corrected chi connectivity index (χ1v) is 4.00. The van der Waals surface area contributed by atoms with E-state index in [0.29, 0.717) is 11.3 Å². The molecule has 0 unspecified atom stereocenters. The number of carbonyl (C=O) groups is 2. The van der Waals surface area contributed by atoms with E-state index >= 15 is 0 Å². The molecule has 0 aromatic carbocycles. The predicted octanol–water partition coefficient (Wildman–Crippen LogP) is -0.379. The van der Waals surface area contributed by atoms with Gasteiger partial charge in [-0.25, -0.2) is 0 Å². The average Bonchev–Trinajstić information content (AvgIpc) is 2.60. The molecular weight excluding hydrogens is 186 g/mol. The number of methoxy groups -OCH3 is 1. The summed E-state index contributed by atoms with van der Waals surface area (Å²) in [6.07, 6.45) is 1.40. The third kappa shape index (κ3) is 2.32. The van der Waals surface area contributed by atoms with E-state index in [1.165, 1.54) is 13.3 Å². The topological polar surface area (TPSA) is 84.1 Å². The maximum atomic E-state index is 11.4. The summed E-state index contributed by atoms with van der Waals surface area (Å²) in [5, 5.41) is 8.72. The van der Waals surface area contributed by atoms with Crippen molar-refractivity contribution in [3.63, 3.8) is 0 Å². The summed E-state index contributed by atoms with van der Waals surface area (Å²) in [6, 6.07) is 0. The molecule has 0 aliphatic carbocycles. The van der Waals surface area contributed by atoms with Gasteiger partial charge in [0.05, 0.1) is 18.9 Å². The lowest BCUT2D eigenvalue weighted by molar-refractivity contribution is -0.139. The van der Waals surface area contributed by atoms with Crippen LogP contribution in [-0.2, 0) is 9.53 Å². The molecule has 1 aromatic heterocycles. The molecule has 0 radical (unpaired) electrons. The van der Waals surface area contributed by atoms with E-state index in [9.17, 15) is 9.59 Å². The van der Waals surface area contributed by atoms with Gasteiger partial charge in [-0.1, -0.05) is 0 Å². The Bertz CT molecular complexity index is 345. The lowest BCUT2D eigenvalue weighted by Gasteiger charge is -2.01. The smallest absolute Gasteiger partial charge is 0.325 e. The quantitative estimate of drug-likeness (QED) is 0.647. The van der Waals surface area contributed by atoms with Crippen LogP contribution in [0.5, 0.6) is 0 Å². The molecule has 0 spiro atoms. The number of ether oxygens (including phenoxy) is 1. The molecule has 6 heteroatoms. The van der Waals surface area contributed by atoms with Crippen LogP contribution >= 0.6 is 0 Å². The molecule has 0 atom stereocenters. The van der Waals surface area contributed by atoms with Gasteiger partial charge in [0.15, 0.2) is 0 Å². The van der Waals surface area contributed by atoms with Crippen LogP contribution in [0, 0.1) is 6.92 Å². The van der Waals surface area contributed by atoms with Crippen molar-refractivity contribution < 1.29 is 14.3 Å². The van der Waals surface area contributed by atoms with E-state index < -0.39 is 5.97 Å². The normalized spacial score (nSPS) is 9.57. The van der Waals surface area contributed by atoms with Gasteiger partial charge in [-0.15, -0.1) is 0 Å². The second-order valence-corrected chi connectivity index (χ2v) is 2.67. The van der Waals surface area contributed by atoms with E-state index in [1.807, 2.05) is 0 Å². The summed E-state index contributed by atoms with van der Waals surface area (Å²) in [4.78, 5) is 22.1. The third-order valence-electron chi connectivity index (χ3n) is 1.70. The third-order valence-corrected chi connectivity index (χ3v) is 1.70. The summed E-state index contributed by atoms with van der Waals surface area (Å²) in [5.74, 6) is -0.832. The molecule has 0 saturated heterocycles. The molecule has 1 aromatic rings. The standard InChI is InChI=1S/C8H11N3O3/c1-5-6(3-10-11-5)8(13)9-4-7(12)14-2/h3H,4H2,1-2H3,(H,9,13)(H,10,11). The van der Waals surface area contributed by atoms with Gasteiger partial charge in [-0.2, -0.15) is 5.10 Å². The van der Waals surface area contributed by atoms with Crippen molar-refractivity contribution in [2.45, 2.75) is 6.92 Å². The Morgan fingerprint density at radius 2 is 2.36 bits per heavy atom. The van der Waals surface area contributed by atoms with E-state index in [0.717, 1.165) is 0 Å². The Kier molecular flexibility index (Phi) is 3.22. The minimum atomic E-state index is -0.487. The van der Waals surface area contributed by atoms with Gasteiger partial charge in [0.1, 0.15) is 6.54 Å². The van der Waals surface area contributed by atoms with Gasteiger partial charge >= 0.3 is 5.97 Å². The summed E-state index contributed by atoms with van der Waals surface area (Å²) in [6.45, 7) is 1.58. The van der Waals surface area contributed by atoms with Crippen LogP contribution in [-0.4, -0.2) is 35.7 Å². The number of hydrogen-bond acceptors (Lipinski definition) is 4. The number of carbonyl (C=O) groups excluding carboxylic acids is 2. The van der Waals surface area contributed by atoms with Crippen LogP contribution in [0.25, 0.3) is 0 Å². The van der Waals surface area contributed by atoms with Gasteiger partial charge < -0.3 is 10.1 Å². The zero-order chi connectivity index (χ0) is 10.6. The molecule has 0 aliphatic rings. The lowest BCUT2D eigenvalue weighted by atomic mass is 10.2. The second-order valence-electron chi connectivity index (χ2n) is 2.67. The Morgan fingerprint density at radius 3 is 2.86 bits per heavy atom. The van der Waals surface area contributed by atoms with Crippen LogP contribution in [0.4, 0.5) is 0 Å². The van der Waals surface area contributed by atoms with Crippen molar-refractivity contribution in [1.82, 2.24) is 15.5 Å². The monoisotopic (exact) mass is 197 g/mol. The van der Waals surface area contributed by atoms with Gasteiger partial charge in [-0.05, 0) is 6.92 Å². The first kappa shape index (κ1) is 10.2. The average molecular weight is 197 g/mol. The molecule has 1 rings (SSSR count). The summed E-state index contributed by atoms with van der Waals surface area (Å²) in [5.41, 5.74) is 1.08. The number of aromatic nitrogens is 2. The van der Waals surface area contributed by atoms with Crippen molar-refractivity contribution >= 4 is 11.9 Å². The maximum absolute atomic E-state index is 11.4. The zero-order valence-corrected chi connectivity index (χ0v) is 7.96. The molecule has 0 aliphatic heterocycles. The molecule has 2 N–H and O–H groups in total. The number of aryl methyl sites for hydroxylation is 1. The van der Waals surface area contributed by atoms with E-state index in [1.54, 1.807) is 6.92 Å². The minimum absolute atomic E-state index is 0.139. The number of esters is 1. The van der Waals surface area contributed by atoms with Gasteiger partial charge in [-0.3, -0.25) is 14.7 Å². The minimum Gasteiger partial charge on any atom is -0.468 e. The van der Waals surface area contributed by atoms with E-state index in [-0.39, 0.29) is 12.5 Å². The Labute approximate surface area is 80.6 Å². The molecule has 0 saturated carbocycles. The molecular formula is C8H11N3O3. The summed E-state index contributed by atoms with van der Waals surface area (Å²) in [7, 11) is 1.26. The highest BCUT2D eigenvalue weighted by molar-refractivity contribution is 5.96. The molecule has 0 fully saturated rings. The highest BCUT2D eigenvalue weighted by Crippen LogP contribution is 2.01. The first-order chi connectivity index (χ1) is 6.65. The number of aromatic amines is 1. The van der Waals surface area contributed by atoms with E-state index in [4.69, 9.17) is 0 Å². The molecule has 6 nitrogen and oxygen atoms in total. The lowest BCUT2D eigenvalue weighted by Crippen LogP contribution is -2.30. The van der Waals surface area contributed by atoms with Crippen LogP contribution in [0.3, 0.4) is 0 Å². The summed E-state index contributed by atoms with van der Waals surface area (Å²) >= 11 is 0. The highest BCUT2D eigenvalue weighted by atomic mass is 16.5. The molecule has 1 heterocycles. The first-order valence-electron chi connectivity index (χ1n) is 4.00. The number of amides is 1. The van der Waals surface area contributed by atoms with Gasteiger partial charge in [0.2, 0.25) is 0 Å². The highest BCUT2D eigenvalue weighted by Gasteiger charge is 2.11. The van der Waals surface area contributed by atoms with Crippen LogP contribution in [0.2, 0.25) is 0 Å². The largest absolute Gasteiger partial charge is 0.468 e.